The molecule has 0 aliphatic heterocycles. The first-order valence-electron chi connectivity index (χ1n) is 7.20. The largest absolute Gasteiger partial charge is 0.481 e. The number of aliphatic carboxylic acids is 1. The molecule has 0 heterocycles. The van der Waals surface area contributed by atoms with Gasteiger partial charge < -0.3 is 10.4 Å². The molecule has 0 aromatic heterocycles. The van der Waals surface area contributed by atoms with Crippen molar-refractivity contribution in [3.05, 3.63) is 0 Å². The van der Waals surface area contributed by atoms with Gasteiger partial charge >= 0.3 is 5.97 Å². The van der Waals surface area contributed by atoms with Crippen molar-refractivity contribution in [2.45, 2.75) is 64.0 Å². The van der Waals surface area contributed by atoms with Gasteiger partial charge in [0.25, 0.3) is 0 Å². The summed E-state index contributed by atoms with van der Waals surface area (Å²) in [6, 6.07) is 1.47. The minimum atomic E-state index is -0.663. The molecule has 0 spiro atoms. The van der Waals surface area contributed by atoms with Gasteiger partial charge in [0.2, 0.25) is 0 Å². The van der Waals surface area contributed by atoms with Crippen LogP contribution in [0.4, 0.5) is 0 Å². The van der Waals surface area contributed by atoms with E-state index < -0.39 is 5.97 Å². The number of carboxylic acid groups (broad SMARTS) is 1. The van der Waals surface area contributed by atoms with Crippen LogP contribution in [0.25, 0.3) is 0 Å². The molecule has 0 aromatic carbocycles. The molecule has 0 bridgehead atoms. The van der Waals surface area contributed by atoms with Gasteiger partial charge in [-0.25, -0.2) is 0 Å². The highest BCUT2D eigenvalue weighted by molar-refractivity contribution is 6.33. The van der Waals surface area contributed by atoms with E-state index in [1.165, 1.54) is 44.7 Å². The van der Waals surface area contributed by atoms with Crippen molar-refractivity contribution in [2.24, 2.45) is 0 Å². The van der Waals surface area contributed by atoms with Gasteiger partial charge in [-0.1, -0.05) is 38.3 Å². The van der Waals surface area contributed by atoms with Gasteiger partial charge in [0.15, 0.2) is 0 Å². The quantitative estimate of drug-likeness (QED) is 0.394. The first-order valence-corrected chi connectivity index (χ1v) is 9.61. The lowest BCUT2D eigenvalue weighted by atomic mass is 10.1. The zero-order valence-corrected chi connectivity index (χ0v) is 12.8. The minimum absolute atomic E-state index is 0.270. The molecule has 0 fully saturated rings. The zero-order chi connectivity index (χ0) is 12.8. The average Bonchev–Trinajstić information content (AvgIpc) is 2.30. The van der Waals surface area contributed by atoms with Crippen LogP contribution in [0.15, 0.2) is 0 Å². The zero-order valence-electron chi connectivity index (χ0n) is 11.3. The van der Waals surface area contributed by atoms with Crippen LogP contribution in [0.2, 0.25) is 12.6 Å². The maximum atomic E-state index is 10.3. The summed E-state index contributed by atoms with van der Waals surface area (Å²) >= 11 is 0. The predicted molar refractivity (Wildman–Crippen MR) is 76.7 cm³/mol. The average molecular weight is 259 g/mol. The standard InChI is InChI=1S/C13H29NO2Si/c1-17-12-8-11-14-10-7-5-3-2-4-6-9-13(15)16/h14H,2-12,17H2,1H3,(H,15,16). The Bertz CT molecular complexity index is 177. The maximum absolute atomic E-state index is 10.3. The van der Waals surface area contributed by atoms with Gasteiger partial charge in [0.1, 0.15) is 0 Å². The van der Waals surface area contributed by atoms with Crippen LogP contribution in [0.5, 0.6) is 0 Å². The summed E-state index contributed by atoms with van der Waals surface area (Å²) in [6.07, 6.45) is 8.60. The topological polar surface area (TPSA) is 49.3 Å². The first-order chi connectivity index (χ1) is 8.27. The SMILES string of the molecule is C[SiH2]CCCNCCCCCCCCC(=O)O. The molecule has 0 aliphatic rings. The van der Waals surface area contributed by atoms with Crippen LogP contribution in [0.3, 0.4) is 0 Å². The smallest absolute Gasteiger partial charge is 0.303 e. The number of carboxylic acids is 1. The van der Waals surface area contributed by atoms with Gasteiger partial charge in [-0.15, -0.1) is 0 Å². The van der Waals surface area contributed by atoms with Gasteiger partial charge in [-0.05, 0) is 32.4 Å². The van der Waals surface area contributed by atoms with Crippen LogP contribution in [0, 0.1) is 0 Å². The lowest BCUT2D eigenvalue weighted by Gasteiger charge is -2.04. The molecule has 0 saturated heterocycles. The number of unbranched alkanes of at least 4 members (excludes halogenated alkanes) is 5. The number of rotatable bonds is 13. The molecule has 0 amide bonds. The fourth-order valence-corrected chi connectivity index (χ4v) is 2.61. The van der Waals surface area contributed by atoms with Crippen molar-refractivity contribution in [2.75, 3.05) is 13.1 Å². The summed E-state index contributed by atoms with van der Waals surface area (Å²) in [6.45, 7) is 4.71. The Kier molecular flexibility index (Phi) is 13.4. The van der Waals surface area contributed by atoms with Crippen LogP contribution in [-0.4, -0.2) is 33.7 Å². The van der Waals surface area contributed by atoms with Crippen molar-refractivity contribution >= 4 is 15.5 Å². The Morgan fingerprint density at radius 2 is 1.59 bits per heavy atom. The van der Waals surface area contributed by atoms with Crippen LogP contribution in [-0.2, 0) is 4.79 Å². The van der Waals surface area contributed by atoms with Crippen molar-refractivity contribution < 1.29 is 9.90 Å². The Hall–Kier alpha value is -0.353. The summed E-state index contributed by atoms with van der Waals surface area (Å²) in [5.74, 6) is -0.663. The third-order valence-electron chi connectivity index (χ3n) is 2.95. The van der Waals surface area contributed by atoms with Gasteiger partial charge in [-0.2, -0.15) is 0 Å². The van der Waals surface area contributed by atoms with E-state index in [0.29, 0.717) is 6.42 Å². The third-order valence-corrected chi connectivity index (χ3v) is 4.16. The third kappa shape index (κ3) is 15.6. The van der Waals surface area contributed by atoms with Crippen LogP contribution >= 0.6 is 0 Å². The normalized spacial score (nSPS) is 11.4. The second-order valence-electron chi connectivity index (χ2n) is 4.72. The summed E-state index contributed by atoms with van der Waals surface area (Å²) in [7, 11) is 0.270. The van der Waals surface area contributed by atoms with Crippen LogP contribution < -0.4 is 5.32 Å². The molecule has 2 N–H and O–H groups in total. The van der Waals surface area contributed by atoms with Gasteiger partial charge in [-0.3, -0.25) is 4.79 Å². The second kappa shape index (κ2) is 13.7. The van der Waals surface area contributed by atoms with Gasteiger partial charge in [0.05, 0.1) is 0 Å². The molecule has 102 valence electrons. The molecule has 0 aliphatic carbocycles. The van der Waals surface area contributed by atoms with Crippen molar-refractivity contribution in [1.29, 1.82) is 0 Å². The number of carbonyl (C=O) groups is 1. The lowest BCUT2D eigenvalue weighted by molar-refractivity contribution is -0.137. The molecule has 0 rings (SSSR count). The monoisotopic (exact) mass is 259 g/mol. The van der Waals surface area contributed by atoms with E-state index >= 15 is 0 Å². The van der Waals surface area contributed by atoms with E-state index in [0.717, 1.165) is 19.4 Å². The molecule has 0 radical (unpaired) electrons. The van der Waals surface area contributed by atoms with E-state index in [1.54, 1.807) is 0 Å². The molecule has 0 aromatic rings. The number of hydrogen-bond donors (Lipinski definition) is 2. The lowest BCUT2D eigenvalue weighted by Crippen LogP contribution is -2.16. The highest BCUT2D eigenvalue weighted by atomic mass is 28.2. The summed E-state index contributed by atoms with van der Waals surface area (Å²) in [5.41, 5.74) is 0. The summed E-state index contributed by atoms with van der Waals surface area (Å²) < 4.78 is 0. The Morgan fingerprint density at radius 3 is 2.24 bits per heavy atom. The highest BCUT2D eigenvalue weighted by Crippen LogP contribution is 2.06. The van der Waals surface area contributed by atoms with Crippen molar-refractivity contribution in [3.63, 3.8) is 0 Å². The number of hydrogen-bond acceptors (Lipinski definition) is 2. The molecule has 0 saturated carbocycles. The van der Waals surface area contributed by atoms with Crippen molar-refractivity contribution in [1.82, 2.24) is 5.32 Å². The van der Waals surface area contributed by atoms with E-state index in [1.807, 2.05) is 0 Å². The van der Waals surface area contributed by atoms with Gasteiger partial charge in [0, 0.05) is 15.9 Å². The predicted octanol–water partition coefficient (Wildman–Crippen LogP) is 2.42. The van der Waals surface area contributed by atoms with E-state index in [-0.39, 0.29) is 9.52 Å². The Balaban J connectivity index is 2.91. The molecule has 4 heteroatoms. The summed E-state index contributed by atoms with van der Waals surface area (Å²) in [4.78, 5) is 10.3. The minimum Gasteiger partial charge on any atom is -0.481 e. The fourth-order valence-electron chi connectivity index (χ4n) is 1.86. The molecular formula is C13H29NO2Si. The van der Waals surface area contributed by atoms with Crippen LogP contribution in [0.1, 0.15) is 51.4 Å². The molecule has 3 nitrogen and oxygen atoms in total. The molecule has 0 unspecified atom stereocenters. The highest BCUT2D eigenvalue weighted by Gasteiger charge is 1.96. The van der Waals surface area contributed by atoms with Crippen molar-refractivity contribution in [3.8, 4) is 0 Å². The Morgan fingerprint density at radius 1 is 1.00 bits per heavy atom. The summed E-state index contributed by atoms with van der Waals surface area (Å²) in [5, 5.41) is 12.0. The Labute approximate surface area is 108 Å². The first kappa shape index (κ1) is 16.6. The molecular weight excluding hydrogens is 230 g/mol. The molecule has 17 heavy (non-hydrogen) atoms. The molecule has 0 atom stereocenters. The van der Waals surface area contributed by atoms with E-state index in [2.05, 4.69) is 11.9 Å². The van der Waals surface area contributed by atoms with E-state index in [4.69, 9.17) is 5.11 Å². The van der Waals surface area contributed by atoms with E-state index in [9.17, 15) is 4.79 Å². The number of nitrogens with one attached hydrogen (secondary N) is 1. The fraction of sp³-hybridized carbons (Fsp3) is 0.923. The second-order valence-corrected chi connectivity index (χ2v) is 6.43. The maximum Gasteiger partial charge on any atom is 0.303 e.